The van der Waals surface area contributed by atoms with Gasteiger partial charge in [-0.1, -0.05) is 19.0 Å². The van der Waals surface area contributed by atoms with Gasteiger partial charge in [0.05, 0.1) is 6.54 Å². The molecule has 3 heterocycles. The van der Waals surface area contributed by atoms with Crippen molar-refractivity contribution in [3.63, 3.8) is 0 Å². The molecular formula is C15H22N4O. The maximum absolute atomic E-state index is 5.38. The van der Waals surface area contributed by atoms with Gasteiger partial charge in [-0.15, -0.1) is 0 Å². The molecule has 3 rings (SSSR count). The van der Waals surface area contributed by atoms with Crippen LogP contribution in [0.25, 0.3) is 0 Å². The summed E-state index contributed by atoms with van der Waals surface area (Å²) in [6.45, 7) is 9.34. The summed E-state index contributed by atoms with van der Waals surface area (Å²) >= 11 is 0. The molecule has 0 unspecified atom stereocenters. The van der Waals surface area contributed by atoms with Crippen LogP contribution in [0.5, 0.6) is 0 Å². The molecule has 20 heavy (non-hydrogen) atoms. The molecule has 5 nitrogen and oxygen atoms in total. The molecule has 0 N–H and O–H groups in total. The van der Waals surface area contributed by atoms with E-state index in [9.17, 15) is 0 Å². The first-order valence-corrected chi connectivity index (χ1v) is 7.34. The Bertz CT molecular complexity index is 572. The van der Waals surface area contributed by atoms with Crippen molar-refractivity contribution >= 4 is 0 Å². The summed E-state index contributed by atoms with van der Waals surface area (Å²) in [6.07, 6.45) is 3.03. The van der Waals surface area contributed by atoms with Crippen LogP contribution in [0.3, 0.4) is 0 Å². The number of rotatable bonds is 4. The lowest BCUT2D eigenvalue weighted by atomic mass is 10.1. The molecule has 0 fully saturated rings. The third kappa shape index (κ3) is 2.63. The molecule has 1 aliphatic rings. The fourth-order valence-electron chi connectivity index (χ4n) is 2.82. The highest BCUT2D eigenvalue weighted by Crippen LogP contribution is 2.26. The first-order chi connectivity index (χ1) is 9.63. The summed E-state index contributed by atoms with van der Waals surface area (Å²) in [6, 6.07) is 4.69. The van der Waals surface area contributed by atoms with Crippen LogP contribution in [0.1, 0.15) is 44.2 Å². The predicted molar refractivity (Wildman–Crippen MR) is 76.1 cm³/mol. The molecular weight excluding hydrogens is 252 g/mol. The standard InChI is InChI=1S/C15H22N4O/c1-11(2)9-14-16-15(20-17-14)10-19-8-7-18-6-4-5-13(18)12(19)3/h4-6,11-12H,7-10H2,1-3H3/t12-/m1/s1. The molecule has 0 spiro atoms. The largest absolute Gasteiger partial charge is 0.349 e. The lowest BCUT2D eigenvalue weighted by molar-refractivity contribution is 0.141. The molecule has 0 aliphatic carbocycles. The second kappa shape index (κ2) is 5.40. The SMILES string of the molecule is CC(C)Cc1noc(CN2CCn3cccc3[C@H]2C)n1. The third-order valence-corrected chi connectivity index (χ3v) is 3.91. The van der Waals surface area contributed by atoms with Crippen LogP contribution >= 0.6 is 0 Å². The van der Waals surface area contributed by atoms with Gasteiger partial charge in [0.1, 0.15) is 0 Å². The average Bonchev–Trinajstić information content (AvgIpc) is 3.01. The summed E-state index contributed by atoms with van der Waals surface area (Å²) in [7, 11) is 0. The van der Waals surface area contributed by atoms with E-state index in [1.807, 2.05) is 0 Å². The van der Waals surface area contributed by atoms with Crippen molar-refractivity contribution < 1.29 is 4.52 Å². The molecule has 0 bridgehead atoms. The van der Waals surface area contributed by atoms with Gasteiger partial charge in [0.25, 0.3) is 0 Å². The van der Waals surface area contributed by atoms with Crippen LogP contribution in [0.4, 0.5) is 0 Å². The van der Waals surface area contributed by atoms with Crippen LogP contribution in [-0.2, 0) is 19.5 Å². The smallest absolute Gasteiger partial charge is 0.240 e. The van der Waals surface area contributed by atoms with Crippen molar-refractivity contribution in [2.24, 2.45) is 5.92 Å². The Balaban J connectivity index is 1.68. The Labute approximate surface area is 119 Å². The van der Waals surface area contributed by atoms with E-state index in [0.717, 1.165) is 37.8 Å². The van der Waals surface area contributed by atoms with E-state index in [4.69, 9.17) is 4.52 Å². The van der Waals surface area contributed by atoms with Crippen molar-refractivity contribution in [3.8, 4) is 0 Å². The predicted octanol–water partition coefficient (Wildman–Crippen LogP) is 2.65. The second-order valence-corrected chi connectivity index (χ2v) is 5.98. The van der Waals surface area contributed by atoms with Gasteiger partial charge in [-0.2, -0.15) is 4.98 Å². The lowest BCUT2D eigenvalue weighted by Crippen LogP contribution is -2.35. The van der Waals surface area contributed by atoms with Gasteiger partial charge in [0.2, 0.25) is 5.89 Å². The van der Waals surface area contributed by atoms with E-state index in [1.54, 1.807) is 0 Å². The minimum absolute atomic E-state index is 0.388. The lowest BCUT2D eigenvalue weighted by Gasteiger charge is -2.33. The zero-order valence-corrected chi connectivity index (χ0v) is 12.4. The van der Waals surface area contributed by atoms with E-state index in [0.29, 0.717) is 12.0 Å². The molecule has 2 aromatic rings. The highest BCUT2D eigenvalue weighted by atomic mass is 16.5. The Morgan fingerprint density at radius 3 is 3.05 bits per heavy atom. The molecule has 5 heteroatoms. The Morgan fingerprint density at radius 2 is 2.25 bits per heavy atom. The van der Waals surface area contributed by atoms with Crippen LogP contribution in [0.2, 0.25) is 0 Å². The minimum Gasteiger partial charge on any atom is -0.349 e. The van der Waals surface area contributed by atoms with E-state index >= 15 is 0 Å². The normalized spacial score (nSPS) is 19.5. The summed E-state index contributed by atoms with van der Waals surface area (Å²) < 4.78 is 7.70. The first kappa shape index (κ1) is 13.4. The monoisotopic (exact) mass is 274 g/mol. The van der Waals surface area contributed by atoms with Crippen molar-refractivity contribution in [3.05, 3.63) is 35.7 Å². The summed E-state index contributed by atoms with van der Waals surface area (Å²) in [5, 5.41) is 4.06. The van der Waals surface area contributed by atoms with Crippen LogP contribution in [-0.4, -0.2) is 26.2 Å². The van der Waals surface area contributed by atoms with E-state index in [2.05, 4.69) is 58.7 Å². The van der Waals surface area contributed by atoms with Gasteiger partial charge in [0.15, 0.2) is 5.82 Å². The van der Waals surface area contributed by atoms with Crippen molar-refractivity contribution in [1.29, 1.82) is 0 Å². The van der Waals surface area contributed by atoms with Crippen LogP contribution in [0.15, 0.2) is 22.9 Å². The quantitative estimate of drug-likeness (QED) is 0.860. The molecule has 1 aliphatic heterocycles. The Morgan fingerprint density at radius 1 is 1.40 bits per heavy atom. The highest BCUT2D eigenvalue weighted by molar-refractivity contribution is 5.13. The fourth-order valence-corrected chi connectivity index (χ4v) is 2.82. The van der Waals surface area contributed by atoms with Crippen molar-refractivity contribution in [1.82, 2.24) is 19.6 Å². The number of aromatic nitrogens is 3. The topological polar surface area (TPSA) is 47.1 Å². The van der Waals surface area contributed by atoms with Gasteiger partial charge in [-0.25, -0.2) is 0 Å². The van der Waals surface area contributed by atoms with Gasteiger partial charge in [0, 0.05) is 37.4 Å². The number of fused-ring (bicyclic) bond motifs is 1. The van der Waals surface area contributed by atoms with E-state index in [-0.39, 0.29) is 0 Å². The molecule has 1 atom stereocenters. The second-order valence-electron chi connectivity index (χ2n) is 5.98. The molecule has 0 saturated carbocycles. The molecule has 0 aromatic carbocycles. The molecule has 108 valence electrons. The first-order valence-electron chi connectivity index (χ1n) is 7.34. The maximum Gasteiger partial charge on any atom is 0.240 e. The number of hydrogen-bond donors (Lipinski definition) is 0. The van der Waals surface area contributed by atoms with Gasteiger partial charge < -0.3 is 9.09 Å². The maximum atomic E-state index is 5.38. The number of nitrogens with zero attached hydrogens (tertiary/aromatic N) is 4. The van der Waals surface area contributed by atoms with Gasteiger partial charge in [-0.05, 0) is 25.0 Å². The zero-order valence-electron chi connectivity index (χ0n) is 12.4. The summed E-state index contributed by atoms with van der Waals surface area (Å²) in [4.78, 5) is 6.89. The van der Waals surface area contributed by atoms with Gasteiger partial charge >= 0.3 is 0 Å². The Kier molecular flexibility index (Phi) is 3.61. The fraction of sp³-hybridized carbons (Fsp3) is 0.600. The van der Waals surface area contributed by atoms with Crippen molar-refractivity contribution in [2.75, 3.05) is 6.54 Å². The summed E-state index contributed by atoms with van der Waals surface area (Å²) in [5.74, 6) is 2.10. The van der Waals surface area contributed by atoms with Gasteiger partial charge in [-0.3, -0.25) is 4.90 Å². The molecule has 0 saturated heterocycles. The summed E-state index contributed by atoms with van der Waals surface area (Å²) in [5.41, 5.74) is 1.36. The minimum atomic E-state index is 0.388. The van der Waals surface area contributed by atoms with Crippen LogP contribution < -0.4 is 0 Å². The van der Waals surface area contributed by atoms with E-state index < -0.39 is 0 Å². The van der Waals surface area contributed by atoms with Crippen LogP contribution in [0, 0.1) is 5.92 Å². The van der Waals surface area contributed by atoms with Crippen molar-refractivity contribution in [2.45, 2.75) is 46.3 Å². The molecule has 0 amide bonds. The highest BCUT2D eigenvalue weighted by Gasteiger charge is 2.25. The zero-order chi connectivity index (χ0) is 14.1. The Hall–Kier alpha value is -1.62. The number of hydrogen-bond acceptors (Lipinski definition) is 4. The molecule has 0 radical (unpaired) electrons. The van der Waals surface area contributed by atoms with E-state index in [1.165, 1.54) is 5.69 Å². The molecule has 2 aromatic heterocycles. The third-order valence-electron chi connectivity index (χ3n) is 3.91. The average molecular weight is 274 g/mol.